The maximum absolute atomic E-state index is 12.7. The standard InChI is InChI=1S/C17H20N2O3S/c1-17-10-19(9-15(17)12-2-5-13(17)8-12)16(20)11-3-6-14(7-4-11)23(18,21)22/h2-7,12-13,15H,8-10H2,1H3,(H2,18,21,22)/t12-,13+,15?,17+/m1/s1. The second-order valence-corrected chi connectivity index (χ2v) is 8.82. The summed E-state index contributed by atoms with van der Waals surface area (Å²) in [4.78, 5) is 14.7. The van der Waals surface area contributed by atoms with Crippen LogP contribution in [0.4, 0.5) is 0 Å². The van der Waals surface area contributed by atoms with Gasteiger partial charge in [0.15, 0.2) is 0 Å². The zero-order valence-electron chi connectivity index (χ0n) is 13.0. The Morgan fingerprint density at radius 1 is 1.26 bits per heavy atom. The quantitative estimate of drug-likeness (QED) is 0.836. The Kier molecular flexibility index (Phi) is 3.03. The Morgan fingerprint density at radius 2 is 1.96 bits per heavy atom. The summed E-state index contributed by atoms with van der Waals surface area (Å²) in [5.41, 5.74) is 0.705. The van der Waals surface area contributed by atoms with Crippen LogP contribution in [0.1, 0.15) is 23.7 Å². The first-order valence-corrected chi connectivity index (χ1v) is 9.44. The lowest BCUT2D eigenvalue weighted by Crippen LogP contribution is -2.33. The molecule has 1 saturated carbocycles. The van der Waals surface area contributed by atoms with Crippen LogP contribution in [-0.4, -0.2) is 32.3 Å². The van der Waals surface area contributed by atoms with E-state index in [1.54, 1.807) is 12.1 Å². The molecule has 1 heterocycles. The summed E-state index contributed by atoms with van der Waals surface area (Å²) in [5.74, 6) is 1.71. The molecule has 23 heavy (non-hydrogen) atoms. The molecule has 5 nitrogen and oxygen atoms in total. The van der Waals surface area contributed by atoms with Gasteiger partial charge in [-0.2, -0.15) is 0 Å². The Bertz CT molecular complexity index is 800. The molecular formula is C17H20N2O3S. The first-order chi connectivity index (χ1) is 10.8. The van der Waals surface area contributed by atoms with Gasteiger partial charge in [-0.25, -0.2) is 13.6 Å². The third-order valence-electron chi connectivity index (χ3n) is 5.99. The summed E-state index contributed by atoms with van der Waals surface area (Å²) >= 11 is 0. The molecule has 0 spiro atoms. The monoisotopic (exact) mass is 332 g/mol. The summed E-state index contributed by atoms with van der Waals surface area (Å²) in [6.45, 7) is 3.86. The van der Waals surface area contributed by atoms with Gasteiger partial charge in [0, 0.05) is 18.7 Å². The molecule has 2 bridgehead atoms. The number of nitrogens with zero attached hydrogens (tertiary/aromatic N) is 1. The number of hydrogen-bond acceptors (Lipinski definition) is 3. The first-order valence-electron chi connectivity index (χ1n) is 7.89. The molecule has 1 saturated heterocycles. The van der Waals surface area contributed by atoms with E-state index in [-0.39, 0.29) is 16.2 Å². The zero-order chi connectivity index (χ0) is 16.4. The smallest absolute Gasteiger partial charge is 0.253 e. The van der Waals surface area contributed by atoms with Crippen LogP contribution in [0, 0.1) is 23.2 Å². The van der Waals surface area contributed by atoms with E-state index < -0.39 is 10.0 Å². The molecule has 1 amide bonds. The second kappa shape index (κ2) is 4.68. The maximum Gasteiger partial charge on any atom is 0.253 e. The highest BCUT2D eigenvalue weighted by atomic mass is 32.2. The highest BCUT2D eigenvalue weighted by Gasteiger charge is 2.58. The maximum atomic E-state index is 12.7. The Morgan fingerprint density at radius 3 is 2.57 bits per heavy atom. The molecule has 1 aromatic carbocycles. The van der Waals surface area contributed by atoms with E-state index >= 15 is 0 Å². The van der Waals surface area contributed by atoms with E-state index in [4.69, 9.17) is 5.14 Å². The lowest BCUT2D eigenvalue weighted by molar-refractivity contribution is 0.0765. The van der Waals surface area contributed by atoms with Crippen molar-refractivity contribution in [2.75, 3.05) is 13.1 Å². The van der Waals surface area contributed by atoms with Gasteiger partial charge in [-0.3, -0.25) is 4.79 Å². The van der Waals surface area contributed by atoms with Crippen LogP contribution in [0.25, 0.3) is 0 Å². The number of carbonyl (C=O) groups excluding carboxylic acids is 1. The molecule has 2 aliphatic carbocycles. The summed E-state index contributed by atoms with van der Waals surface area (Å²) in [6.07, 6.45) is 5.86. The Labute approximate surface area is 136 Å². The first kappa shape index (κ1) is 14.9. The van der Waals surface area contributed by atoms with Gasteiger partial charge in [-0.15, -0.1) is 0 Å². The molecule has 1 aliphatic heterocycles. The normalized spacial score (nSPS) is 34.9. The number of allylic oxidation sites excluding steroid dienone is 2. The van der Waals surface area contributed by atoms with Gasteiger partial charge in [-0.05, 0) is 53.9 Å². The minimum Gasteiger partial charge on any atom is -0.338 e. The number of fused-ring (bicyclic) bond motifs is 5. The topological polar surface area (TPSA) is 80.5 Å². The van der Waals surface area contributed by atoms with Crippen molar-refractivity contribution in [3.8, 4) is 0 Å². The molecule has 1 aromatic rings. The second-order valence-electron chi connectivity index (χ2n) is 7.26. The lowest BCUT2D eigenvalue weighted by Gasteiger charge is -2.31. The van der Waals surface area contributed by atoms with E-state index in [1.165, 1.54) is 18.6 Å². The van der Waals surface area contributed by atoms with Crippen molar-refractivity contribution in [1.29, 1.82) is 0 Å². The van der Waals surface area contributed by atoms with Gasteiger partial charge in [-0.1, -0.05) is 19.1 Å². The number of primary sulfonamides is 1. The molecule has 4 atom stereocenters. The number of carbonyl (C=O) groups is 1. The zero-order valence-corrected chi connectivity index (χ0v) is 13.8. The summed E-state index contributed by atoms with van der Waals surface area (Å²) in [5, 5.41) is 5.09. The van der Waals surface area contributed by atoms with Crippen molar-refractivity contribution in [3.63, 3.8) is 0 Å². The van der Waals surface area contributed by atoms with E-state index in [0.29, 0.717) is 23.3 Å². The highest BCUT2D eigenvalue weighted by Crippen LogP contribution is 2.59. The molecule has 122 valence electrons. The Balaban J connectivity index is 1.55. The molecule has 2 fully saturated rings. The number of amides is 1. The molecule has 6 heteroatoms. The fourth-order valence-corrected chi connectivity index (χ4v) is 5.21. The predicted octanol–water partition coefficient (Wildman–Crippen LogP) is 1.62. The molecule has 0 aromatic heterocycles. The van der Waals surface area contributed by atoms with Gasteiger partial charge in [0.25, 0.3) is 5.91 Å². The van der Waals surface area contributed by atoms with Gasteiger partial charge >= 0.3 is 0 Å². The van der Waals surface area contributed by atoms with Gasteiger partial charge < -0.3 is 4.90 Å². The summed E-state index contributed by atoms with van der Waals surface area (Å²) in [7, 11) is -3.73. The van der Waals surface area contributed by atoms with Crippen LogP contribution in [0.2, 0.25) is 0 Å². The predicted molar refractivity (Wildman–Crippen MR) is 86.1 cm³/mol. The van der Waals surface area contributed by atoms with Crippen molar-refractivity contribution in [2.24, 2.45) is 28.3 Å². The van der Waals surface area contributed by atoms with Crippen LogP contribution in [-0.2, 0) is 10.0 Å². The van der Waals surface area contributed by atoms with Crippen LogP contribution in [0.3, 0.4) is 0 Å². The van der Waals surface area contributed by atoms with E-state index in [0.717, 1.165) is 13.1 Å². The van der Waals surface area contributed by atoms with E-state index in [1.807, 2.05) is 4.90 Å². The third kappa shape index (κ3) is 2.16. The van der Waals surface area contributed by atoms with Crippen molar-refractivity contribution < 1.29 is 13.2 Å². The number of nitrogens with two attached hydrogens (primary N) is 1. The largest absolute Gasteiger partial charge is 0.338 e. The number of rotatable bonds is 2. The Hall–Kier alpha value is -1.66. The van der Waals surface area contributed by atoms with Crippen molar-refractivity contribution >= 4 is 15.9 Å². The number of hydrogen-bond donors (Lipinski definition) is 1. The summed E-state index contributed by atoms with van der Waals surface area (Å²) in [6, 6.07) is 5.88. The number of sulfonamides is 1. The molecule has 0 radical (unpaired) electrons. The minimum atomic E-state index is -3.73. The van der Waals surface area contributed by atoms with Crippen LogP contribution >= 0.6 is 0 Å². The number of likely N-dealkylation sites (tertiary alicyclic amines) is 1. The van der Waals surface area contributed by atoms with Gasteiger partial charge in [0.1, 0.15) is 0 Å². The average Bonchev–Trinajstić information content (AvgIpc) is 3.16. The lowest BCUT2D eigenvalue weighted by atomic mass is 9.72. The fraction of sp³-hybridized carbons (Fsp3) is 0.471. The van der Waals surface area contributed by atoms with Gasteiger partial charge in [0.2, 0.25) is 10.0 Å². The molecule has 4 rings (SSSR count). The molecule has 2 N–H and O–H groups in total. The summed E-state index contributed by atoms with van der Waals surface area (Å²) < 4.78 is 22.6. The van der Waals surface area contributed by atoms with Crippen LogP contribution in [0.15, 0.2) is 41.3 Å². The van der Waals surface area contributed by atoms with E-state index in [2.05, 4.69) is 19.1 Å². The average molecular weight is 332 g/mol. The van der Waals surface area contributed by atoms with Crippen molar-refractivity contribution in [1.82, 2.24) is 4.90 Å². The molecular weight excluding hydrogens is 312 g/mol. The SMILES string of the molecule is C[C@@]12CN(C(=O)c3ccc(S(N)(=O)=O)cc3)CC1[C@@H]1C=C[C@H]2C1. The fourth-order valence-electron chi connectivity index (χ4n) is 4.69. The number of benzene rings is 1. The molecule has 3 aliphatic rings. The van der Waals surface area contributed by atoms with Gasteiger partial charge in [0.05, 0.1) is 4.90 Å². The van der Waals surface area contributed by atoms with Crippen LogP contribution in [0.5, 0.6) is 0 Å². The third-order valence-corrected chi connectivity index (χ3v) is 6.92. The van der Waals surface area contributed by atoms with Crippen LogP contribution < -0.4 is 5.14 Å². The highest BCUT2D eigenvalue weighted by molar-refractivity contribution is 7.89. The minimum absolute atomic E-state index is 0.0269. The van der Waals surface area contributed by atoms with Crippen molar-refractivity contribution in [2.45, 2.75) is 18.2 Å². The van der Waals surface area contributed by atoms with Crippen molar-refractivity contribution in [3.05, 3.63) is 42.0 Å². The molecule has 1 unspecified atom stereocenters. The van der Waals surface area contributed by atoms with E-state index in [9.17, 15) is 13.2 Å².